The molecular formula is C45H33N3O2. The highest BCUT2D eigenvalue weighted by Crippen LogP contribution is 2.57. The Bertz CT molecular complexity index is 2820. The lowest BCUT2D eigenvalue weighted by atomic mass is 9.54. The fourth-order valence-corrected chi connectivity index (χ4v) is 8.08. The van der Waals surface area contributed by atoms with Gasteiger partial charge in [-0.2, -0.15) is 0 Å². The molecule has 5 nitrogen and oxygen atoms in total. The van der Waals surface area contributed by atoms with Gasteiger partial charge in [0, 0.05) is 43.7 Å². The summed E-state index contributed by atoms with van der Waals surface area (Å²) in [4.78, 5) is 15.4. The van der Waals surface area contributed by atoms with E-state index in [1.165, 1.54) is 27.6 Å². The summed E-state index contributed by atoms with van der Waals surface area (Å²) in [6, 6.07) is 43.8. The van der Waals surface area contributed by atoms with Gasteiger partial charge < -0.3 is 8.83 Å². The van der Waals surface area contributed by atoms with Crippen molar-refractivity contribution >= 4 is 43.9 Å². The standard InChI is InChI=1S/C45H33N3O2/c1-44(2)33-25-27(21-22-28(33)29-23-24-37-39(40(29)45(44,3)4)31-16-9-11-19-35(31)50-37)42-46-41(26-13-6-5-7-14-26)47-43(48-42)32-17-12-20-36-38(32)30-15-8-10-18-34(30)49-36/h5-25H,1-4H3. The van der Waals surface area contributed by atoms with Crippen LogP contribution in [0.5, 0.6) is 0 Å². The smallest absolute Gasteiger partial charge is 0.164 e. The van der Waals surface area contributed by atoms with Crippen molar-refractivity contribution in [2.75, 3.05) is 0 Å². The second-order valence-electron chi connectivity index (χ2n) is 14.4. The van der Waals surface area contributed by atoms with Crippen LogP contribution in [0.15, 0.2) is 136 Å². The molecule has 3 heterocycles. The van der Waals surface area contributed by atoms with Gasteiger partial charge in [-0.25, -0.2) is 15.0 Å². The first kappa shape index (κ1) is 28.9. The molecule has 0 unspecified atom stereocenters. The third-order valence-electron chi connectivity index (χ3n) is 11.3. The number of hydrogen-bond donors (Lipinski definition) is 0. The van der Waals surface area contributed by atoms with Crippen molar-refractivity contribution in [3.05, 3.63) is 139 Å². The van der Waals surface area contributed by atoms with Gasteiger partial charge in [0.15, 0.2) is 17.5 Å². The molecule has 6 aromatic carbocycles. The zero-order valence-electron chi connectivity index (χ0n) is 28.3. The summed E-state index contributed by atoms with van der Waals surface area (Å²) < 4.78 is 12.6. The molecule has 0 saturated heterocycles. The third kappa shape index (κ3) is 3.98. The van der Waals surface area contributed by atoms with E-state index in [0.717, 1.165) is 55.2 Å². The summed E-state index contributed by atoms with van der Waals surface area (Å²) in [5, 5.41) is 4.41. The molecule has 9 aromatic rings. The van der Waals surface area contributed by atoms with Crippen LogP contribution >= 0.6 is 0 Å². The quantitative estimate of drug-likeness (QED) is 0.191. The predicted octanol–water partition coefficient (Wildman–Crippen LogP) is 11.9. The second kappa shape index (κ2) is 10.2. The molecule has 0 aliphatic heterocycles. The molecule has 0 saturated carbocycles. The van der Waals surface area contributed by atoms with E-state index in [9.17, 15) is 0 Å². The molecule has 0 N–H and O–H groups in total. The minimum absolute atomic E-state index is 0.225. The summed E-state index contributed by atoms with van der Waals surface area (Å²) in [7, 11) is 0. The van der Waals surface area contributed by atoms with Crippen LogP contribution < -0.4 is 0 Å². The molecular weight excluding hydrogens is 615 g/mol. The zero-order valence-corrected chi connectivity index (χ0v) is 28.3. The largest absolute Gasteiger partial charge is 0.456 e. The molecule has 240 valence electrons. The van der Waals surface area contributed by atoms with E-state index in [2.05, 4.69) is 88.4 Å². The van der Waals surface area contributed by atoms with Crippen molar-refractivity contribution in [3.8, 4) is 45.3 Å². The molecule has 0 fully saturated rings. The van der Waals surface area contributed by atoms with Gasteiger partial charge in [0.1, 0.15) is 22.3 Å². The Kier molecular flexibility index (Phi) is 5.91. The highest BCUT2D eigenvalue weighted by molar-refractivity contribution is 6.12. The third-order valence-corrected chi connectivity index (χ3v) is 11.3. The molecule has 0 bridgehead atoms. The minimum Gasteiger partial charge on any atom is -0.456 e. The number of hydrogen-bond acceptors (Lipinski definition) is 5. The van der Waals surface area contributed by atoms with Crippen molar-refractivity contribution in [3.63, 3.8) is 0 Å². The van der Waals surface area contributed by atoms with E-state index < -0.39 is 0 Å². The molecule has 0 spiro atoms. The Morgan fingerprint density at radius 2 is 1.00 bits per heavy atom. The number of rotatable bonds is 3. The van der Waals surface area contributed by atoms with Gasteiger partial charge in [0.05, 0.1) is 0 Å². The summed E-state index contributed by atoms with van der Waals surface area (Å²) in [6.07, 6.45) is 0. The molecule has 50 heavy (non-hydrogen) atoms. The number of nitrogens with zero attached hydrogens (tertiary/aromatic N) is 3. The fourth-order valence-electron chi connectivity index (χ4n) is 8.08. The van der Waals surface area contributed by atoms with Gasteiger partial charge in [-0.3, -0.25) is 0 Å². The lowest BCUT2D eigenvalue weighted by Crippen LogP contribution is -2.43. The Morgan fingerprint density at radius 1 is 0.420 bits per heavy atom. The highest BCUT2D eigenvalue weighted by atomic mass is 16.3. The maximum Gasteiger partial charge on any atom is 0.164 e. The maximum atomic E-state index is 6.36. The monoisotopic (exact) mass is 647 g/mol. The number of para-hydroxylation sites is 2. The molecule has 1 aliphatic rings. The zero-order chi connectivity index (χ0) is 33.8. The van der Waals surface area contributed by atoms with E-state index in [4.69, 9.17) is 23.8 Å². The summed E-state index contributed by atoms with van der Waals surface area (Å²) in [5.41, 5.74) is 10.9. The number of aromatic nitrogens is 3. The first-order valence-electron chi connectivity index (χ1n) is 17.1. The van der Waals surface area contributed by atoms with Crippen LogP contribution in [0.2, 0.25) is 0 Å². The first-order chi connectivity index (χ1) is 24.3. The van der Waals surface area contributed by atoms with Crippen molar-refractivity contribution in [2.24, 2.45) is 0 Å². The first-order valence-corrected chi connectivity index (χ1v) is 17.1. The van der Waals surface area contributed by atoms with Gasteiger partial charge in [-0.15, -0.1) is 0 Å². The molecule has 0 atom stereocenters. The molecule has 10 rings (SSSR count). The average molecular weight is 648 g/mol. The Balaban J connectivity index is 1.21. The van der Waals surface area contributed by atoms with Crippen LogP contribution in [-0.2, 0) is 10.8 Å². The van der Waals surface area contributed by atoms with E-state index in [1.807, 2.05) is 66.7 Å². The summed E-state index contributed by atoms with van der Waals surface area (Å²) in [5.74, 6) is 1.88. The van der Waals surface area contributed by atoms with Gasteiger partial charge in [-0.1, -0.05) is 125 Å². The number of benzene rings is 6. The van der Waals surface area contributed by atoms with Crippen LogP contribution in [0.4, 0.5) is 0 Å². The highest BCUT2D eigenvalue weighted by Gasteiger charge is 2.47. The van der Waals surface area contributed by atoms with E-state index in [0.29, 0.717) is 17.5 Å². The van der Waals surface area contributed by atoms with Crippen LogP contribution in [0.1, 0.15) is 38.8 Å². The minimum atomic E-state index is -0.239. The summed E-state index contributed by atoms with van der Waals surface area (Å²) >= 11 is 0. The van der Waals surface area contributed by atoms with Crippen molar-refractivity contribution in [2.45, 2.75) is 38.5 Å². The second-order valence-corrected chi connectivity index (χ2v) is 14.4. The van der Waals surface area contributed by atoms with Crippen LogP contribution in [0, 0.1) is 0 Å². The SMILES string of the molecule is CC1(C)c2cc(-c3nc(-c4ccccc4)nc(-c4cccc5oc6ccccc6c45)n3)ccc2-c2ccc3oc4ccccc4c3c2C1(C)C. The normalized spacial score (nSPS) is 14.7. The lowest BCUT2D eigenvalue weighted by molar-refractivity contribution is 0.301. The Hall–Kier alpha value is -6.07. The number of fused-ring (bicyclic) bond motifs is 10. The molecule has 5 heteroatoms. The van der Waals surface area contributed by atoms with Crippen LogP contribution in [-0.4, -0.2) is 15.0 Å². The topological polar surface area (TPSA) is 65.0 Å². The average Bonchev–Trinajstić information content (AvgIpc) is 3.72. The van der Waals surface area contributed by atoms with Gasteiger partial charge >= 0.3 is 0 Å². The van der Waals surface area contributed by atoms with Gasteiger partial charge in [0.2, 0.25) is 0 Å². The molecule has 0 radical (unpaired) electrons. The number of furan rings is 2. The van der Waals surface area contributed by atoms with Crippen LogP contribution in [0.3, 0.4) is 0 Å². The molecule has 0 amide bonds. The molecule has 3 aromatic heterocycles. The predicted molar refractivity (Wildman–Crippen MR) is 202 cm³/mol. The van der Waals surface area contributed by atoms with Gasteiger partial charge in [-0.05, 0) is 58.0 Å². The van der Waals surface area contributed by atoms with Gasteiger partial charge in [0.25, 0.3) is 0 Å². The van der Waals surface area contributed by atoms with E-state index in [-0.39, 0.29) is 10.8 Å². The van der Waals surface area contributed by atoms with E-state index >= 15 is 0 Å². The Morgan fingerprint density at radius 3 is 1.74 bits per heavy atom. The van der Waals surface area contributed by atoms with Crippen molar-refractivity contribution in [1.29, 1.82) is 0 Å². The van der Waals surface area contributed by atoms with Crippen molar-refractivity contribution in [1.82, 2.24) is 15.0 Å². The molecule has 1 aliphatic carbocycles. The van der Waals surface area contributed by atoms with E-state index in [1.54, 1.807) is 0 Å². The van der Waals surface area contributed by atoms with Crippen LogP contribution in [0.25, 0.3) is 89.2 Å². The summed E-state index contributed by atoms with van der Waals surface area (Å²) in [6.45, 7) is 9.46. The lowest BCUT2D eigenvalue weighted by Gasteiger charge is -2.48. The Labute approximate surface area is 289 Å². The van der Waals surface area contributed by atoms with Crippen molar-refractivity contribution < 1.29 is 8.83 Å². The maximum absolute atomic E-state index is 6.36. The fraction of sp³-hybridized carbons (Fsp3) is 0.133.